The van der Waals surface area contributed by atoms with E-state index in [2.05, 4.69) is 5.32 Å². The van der Waals surface area contributed by atoms with Crippen LogP contribution in [-0.4, -0.2) is 32.7 Å². The van der Waals surface area contributed by atoms with Gasteiger partial charge in [0.25, 0.3) is 0 Å². The highest BCUT2D eigenvalue weighted by Gasteiger charge is 2.41. The van der Waals surface area contributed by atoms with Gasteiger partial charge in [0.15, 0.2) is 0 Å². The number of anilines is 1. The van der Waals surface area contributed by atoms with Crippen LogP contribution in [0.1, 0.15) is 32.6 Å². The maximum atomic E-state index is 12.7. The van der Waals surface area contributed by atoms with Gasteiger partial charge in [-0.3, -0.25) is 9.10 Å². The summed E-state index contributed by atoms with van der Waals surface area (Å²) < 4.78 is 25.7. The van der Waals surface area contributed by atoms with Gasteiger partial charge in [0.1, 0.15) is 6.04 Å². The number of halogens is 2. The third-order valence-electron chi connectivity index (χ3n) is 5.30. The fourth-order valence-corrected chi connectivity index (χ4v) is 5.76. The zero-order valence-corrected chi connectivity index (χ0v) is 16.5. The van der Waals surface area contributed by atoms with Crippen LogP contribution in [0.25, 0.3) is 0 Å². The molecule has 1 aromatic carbocycles. The number of nitrogens with zero attached hydrogens (tertiary/aromatic N) is 1. The minimum Gasteiger partial charge on any atom is -0.351 e. The number of amides is 1. The smallest absolute Gasteiger partial charge is 0.243 e. The number of fused-ring (bicyclic) bond motifs is 2. The van der Waals surface area contributed by atoms with E-state index in [4.69, 9.17) is 23.2 Å². The molecule has 3 rings (SSSR count). The monoisotopic (exact) mass is 404 g/mol. The van der Waals surface area contributed by atoms with E-state index in [-0.39, 0.29) is 22.7 Å². The predicted octanol–water partition coefficient (Wildman–Crippen LogP) is 3.45. The quantitative estimate of drug-likeness (QED) is 0.816. The average molecular weight is 405 g/mol. The molecule has 2 bridgehead atoms. The predicted molar refractivity (Wildman–Crippen MR) is 101 cm³/mol. The van der Waals surface area contributed by atoms with E-state index in [1.807, 2.05) is 0 Å². The molecule has 2 fully saturated rings. The molecule has 1 N–H and O–H groups in total. The van der Waals surface area contributed by atoms with Crippen molar-refractivity contribution in [1.29, 1.82) is 0 Å². The third kappa shape index (κ3) is 3.91. The Hall–Kier alpha value is -0.980. The molecular weight excluding hydrogens is 383 g/mol. The van der Waals surface area contributed by atoms with Gasteiger partial charge in [0.05, 0.1) is 17.0 Å². The lowest BCUT2D eigenvalue weighted by atomic mass is 9.95. The van der Waals surface area contributed by atoms with Crippen molar-refractivity contribution in [1.82, 2.24) is 5.32 Å². The van der Waals surface area contributed by atoms with E-state index in [0.29, 0.717) is 16.9 Å². The molecule has 1 aromatic rings. The summed E-state index contributed by atoms with van der Waals surface area (Å²) >= 11 is 12.2. The first kappa shape index (κ1) is 18.8. The maximum absolute atomic E-state index is 12.7. The van der Waals surface area contributed by atoms with Crippen molar-refractivity contribution in [3.63, 3.8) is 0 Å². The number of carbonyl (C=O) groups is 1. The molecule has 0 heterocycles. The van der Waals surface area contributed by atoms with Gasteiger partial charge in [-0.1, -0.05) is 29.6 Å². The normalized spacial score (nSPS) is 26.5. The highest BCUT2D eigenvalue weighted by molar-refractivity contribution is 7.92. The zero-order chi connectivity index (χ0) is 18.4. The summed E-state index contributed by atoms with van der Waals surface area (Å²) in [5.41, 5.74) is 0.215. The van der Waals surface area contributed by atoms with Gasteiger partial charge in [-0.2, -0.15) is 0 Å². The molecule has 0 spiro atoms. The Labute approximate surface area is 158 Å². The van der Waals surface area contributed by atoms with Crippen molar-refractivity contribution >= 4 is 44.8 Å². The van der Waals surface area contributed by atoms with Gasteiger partial charge in [0.2, 0.25) is 15.9 Å². The first-order chi connectivity index (χ1) is 11.7. The summed E-state index contributed by atoms with van der Waals surface area (Å²) in [4.78, 5) is 12.7. The molecule has 2 saturated carbocycles. The SMILES string of the molecule is CC(C(=O)NC1CC2CCC1C2)N(c1cc(Cl)ccc1Cl)S(C)(=O)=O. The Morgan fingerprint density at radius 2 is 2.00 bits per heavy atom. The third-order valence-corrected chi connectivity index (χ3v) is 7.08. The van der Waals surface area contributed by atoms with Gasteiger partial charge in [-0.15, -0.1) is 0 Å². The minimum atomic E-state index is -3.72. The second kappa shape index (κ2) is 6.97. The van der Waals surface area contributed by atoms with Crippen molar-refractivity contribution in [2.75, 3.05) is 10.6 Å². The van der Waals surface area contributed by atoms with Crippen molar-refractivity contribution in [3.8, 4) is 0 Å². The summed E-state index contributed by atoms with van der Waals surface area (Å²) in [6.45, 7) is 1.57. The van der Waals surface area contributed by atoms with Crippen LogP contribution >= 0.6 is 23.2 Å². The van der Waals surface area contributed by atoms with Crippen molar-refractivity contribution in [2.24, 2.45) is 11.8 Å². The lowest BCUT2D eigenvalue weighted by molar-refractivity contribution is -0.122. The first-order valence-corrected chi connectivity index (χ1v) is 11.0. The van der Waals surface area contributed by atoms with Crippen LogP contribution in [-0.2, 0) is 14.8 Å². The molecule has 138 valence electrons. The Balaban J connectivity index is 1.83. The lowest BCUT2D eigenvalue weighted by Gasteiger charge is -2.31. The number of sulfonamides is 1. The van der Waals surface area contributed by atoms with E-state index < -0.39 is 16.1 Å². The van der Waals surface area contributed by atoms with E-state index in [0.717, 1.165) is 29.8 Å². The molecule has 2 aliphatic carbocycles. The summed E-state index contributed by atoms with van der Waals surface area (Å²) in [7, 11) is -3.72. The molecule has 4 atom stereocenters. The highest BCUT2D eigenvalue weighted by atomic mass is 35.5. The fourth-order valence-electron chi connectivity index (χ4n) is 4.16. The number of hydrogen-bond donors (Lipinski definition) is 1. The van der Waals surface area contributed by atoms with Crippen LogP contribution in [0, 0.1) is 11.8 Å². The van der Waals surface area contributed by atoms with Crippen molar-refractivity contribution in [2.45, 2.75) is 44.7 Å². The van der Waals surface area contributed by atoms with Gasteiger partial charge >= 0.3 is 0 Å². The summed E-state index contributed by atoms with van der Waals surface area (Å²) in [5, 5.41) is 3.63. The average Bonchev–Trinajstić information content (AvgIpc) is 3.12. The molecule has 1 amide bonds. The van der Waals surface area contributed by atoms with E-state index >= 15 is 0 Å². The second-order valence-corrected chi connectivity index (χ2v) is 9.82. The van der Waals surface area contributed by atoms with E-state index in [1.54, 1.807) is 13.0 Å². The number of rotatable bonds is 5. The van der Waals surface area contributed by atoms with Crippen molar-refractivity contribution in [3.05, 3.63) is 28.2 Å². The van der Waals surface area contributed by atoms with Crippen LogP contribution in [0.3, 0.4) is 0 Å². The summed E-state index contributed by atoms with van der Waals surface area (Å²) in [6, 6.07) is 3.80. The molecule has 2 aliphatic rings. The topological polar surface area (TPSA) is 66.5 Å². The molecule has 25 heavy (non-hydrogen) atoms. The molecule has 0 aliphatic heterocycles. The molecule has 5 nitrogen and oxygen atoms in total. The van der Waals surface area contributed by atoms with Crippen LogP contribution in [0.2, 0.25) is 10.0 Å². The van der Waals surface area contributed by atoms with Gasteiger partial charge in [-0.05, 0) is 56.2 Å². The van der Waals surface area contributed by atoms with E-state index in [1.165, 1.54) is 18.6 Å². The molecule has 0 radical (unpaired) electrons. The molecule has 0 aromatic heterocycles. The standard InChI is InChI=1S/C17H22Cl2N2O3S/c1-10(17(22)20-15-8-11-3-4-12(15)7-11)21(25(2,23)24)16-9-13(18)5-6-14(16)19/h5-6,9-12,15H,3-4,7-8H2,1-2H3,(H,20,22). The highest BCUT2D eigenvalue weighted by Crippen LogP contribution is 2.44. The largest absolute Gasteiger partial charge is 0.351 e. The maximum Gasteiger partial charge on any atom is 0.243 e. The van der Waals surface area contributed by atoms with Gasteiger partial charge < -0.3 is 5.32 Å². The molecule has 4 unspecified atom stereocenters. The summed E-state index contributed by atoms with van der Waals surface area (Å²) in [6.07, 6.45) is 5.58. The zero-order valence-electron chi connectivity index (χ0n) is 14.2. The van der Waals surface area contributed by atoms with Crippen molar-refractivity contribution < 1.29 is 13.2 Å². The fraction of sp³-hybridized carbons (Fsp3) is 0.588. The van der Waals surface area contributed by atoms with Crippen LogP contribution in [0.5, 0.6) is 0 Å². The number of hydrogen-bond acceptors (Lipinski definition) is 3. The number of benzene rings is 1. The van der Waals surface area contributed by atoms with Crippen LogP contribution in [0.4, 0.5) is 5.69 Å². The number of carbonyl (C=O) groups excluding carboxylic acids is 1. The Kier molecular flexibility index (Phi) is 5.24. The second-order valence-electron chi connectivity index (χ2n) is 7.12. The molecule has 0 saturated heterocycles. The lowest BCUT2D eigenvalue weighted by Crippen LogP contribution is -2.51. The van der Waals surface area contributed by atoms with Crippen LogP contribution < -0.4 is 9.62 Å². The Morgan fingerprint density at radius 3 is 2.56 bits per heavy atom. The first-order valence-electron chi connectivity index (χ1n) is 8.41. The van der Waals surface area contributed by atoms with Crippen LogP contribution in [0.15, 0.2) is 18.2 Å². The number of nitrogens with one attached hydrogen (secondary N) is 1. The summed E-state index contributed by atoms with van der Waals surface area (Å²) in [5.74, 6) is 0.903. The molecule has 8 heteroatoms. The Morgan fingerprint density at radius 1 is 1.28 bits per heavy atom. The molecular formula is C17H22Cl2N2O3S. The van der Waals surface area contributed by atoms with Gasteiger partial charge in [0, 0.05) is 11.1 Å². The Bertz CT molecular complexity index is 784. The van der Waals surface area contributed by atoms with E-state index in [9.17, 15) is 13.2 Å². The van der Waals surface area contributed by atoms with Gasteiger partial charge in [-0.25, -0.2) is 8.42 Å². The minimum absolute atomic E-state index is 0.143.